The number of H-pyrrole nitrogens is 1. The van der Waals surface area contributed by atoms with Crippen molar-refractivity contribution in [1.29, 1.82) is 0 Å². The fraction of sp³-hybridized carbons (Fsp3) is 0.476. The average molecular weight is 402 g/mol. The normalized spacial score (nSPS) is 12.1. The molecule has 4 N–H and O–H groups in total. The van der Waals surface area contributed by atoms with Crippen LogP contribution in [0, 0.1) is 0 Å². The van der Waals surface area contributed by atoms with Gasteiger partial charge in [-0.05, 0) is 45.6 Å². The Hall–Kier alpha value is -3.03. The Morgan fingerprint density at radius 2 is 1.90 bits per heavy atom. The number of hydrogen-bond donors (Lipinski definition) is 4. The topological polar surface area (TPSA) is 108 Å². The lowest BCUT2D eigenvalue weighted by Gasteiger charge is -2.20. The van der Waals surface area contributed by atoms with E-state index in [1.165, 1.54) is 0 Å². The van der Waals surface area contributed by atoms with Crippen molar-refractivity contribution in [3.63, 3.8) is 0 Å². The molecule has 3 amide bonds. The fourth-order valence-electron chi connectivity index (χ4n) is 2.76. The number of carbonyl (C=O) groups excluding carboxylic acids is 2. The summed E-state index contributed by atoms with van der Waals surface area (Å²) in [6.45, 7) is 5.99. The summed E-state index contributed by atoms with van der Waals surface area (Å²) < 4.78 is 5.22. The van der Waals surface area contributed by atoms with Crippen LogP contribution in [0.2, 0.25) is 0 Å². The number of hydrogen-bond acceptors (Lipinski definition) is 4. The van der Waals surface area contributed by atoms with Crippen LogP contribution in [0.25, 0.3) is 11.3 Å². The van der Waals surface area contributed by atoms with E-state index in [2.05, 4.69) is 25.9 Å². The van der Waals surface area contributed by atoms with E-state index in [0.717, 1.165) is 24.1 Å². The summed E-state index contributed by atoms with van der Waals surface area (Å²) in [4.78, 5) is 31.3. The number of unbranched alkanes of at least 4 members (excludes halogenated alkanes) is 1. The Labute approximate surface area is 171 Å². The summed E-state index contributed by atoms with van der Waals surface area (Å²) in [5.74, 6) is 0.701. The van der Waals surface area contributed by atoms with Crippen LogP contribution in [0.5, 0.6) is 0 Å². The molecule has 1 heterocycles. The summed E-state index contributed by atoms with van der Waals surface area (Å²) in [6, 6.07) is 9.37. The van der Waals surface area contributed by atoms with E-state index < -0.39 is 11.7 Å². The zero-order chi connectivity index (χ0) is 21.3. The van der Waals surface area contributed by atoms with Crippen molar-refractivity contribution in [3.05, 3.63) is 42.4 Å². The van der Waals surface area contributed by atoms with Crippen LogP contribution >= 0.6 is 0 Å². The van der Waals surface area contributed by atoms with Gasteiger partial charge in [0.25, 0.3) is 0 Å². The van der Waals surface area contributed by atoms with Crippen molar-refractivity contribution in [1.82, 2.24) is 25.9 Å². The van der Waals surface area contributed by atoms with E-state index in [-0.39, 0.29) is 12.1 Å². The number of aromatic nitrogens is 2. The Morgan fingerprint density at radius 3 is 2.55 bits per heavy atom. The Balaban J connectivity index is 1.89. The summed E-state index contributed by atoms with van der Waals surface area (Å²) >= 11 is 0. The molecule has 0 bridgehead atoms. The highest BCUT2D eigenvalue weighted by molar-refractivity contribution is 5.74. The first-order valence-corrected chi connectivity index (χ1v) is 9.84. The van der Waals surface area contributed by atoms with Crippen molar-refractivity contribution in [2.75, 3.05) is 13.6 Å². The molecule has 0 saturated heterocycles. The van der Waals surface area contributed by atoms with Crippen LogP contribution in [0.15, 0.2) is 36.5 Å². The minimum atomic E-state index is -0.512. The number of nitrogens with zero attached hydrogens (tertiary/aromatic N) is 1. The minimum Gasteiger partial charge on any atom is -0.444 e. The van der Waals surface area contributed by atoms with Gasteiger partial charge in [-0.3, -0.25) is 0 Å². The predicted octanol–water partition coefficient (Wildman–Crippen LogP) is 3.74. The monoisotopic (exact) mass is 401 g/mol. The number of imidazole rings is 1. The Kier molecular flexibility index (Phi) is 8.06. The molecule has 1 aromatic heterocycles. The van der Waals surface area contributed by atoms with Crippen molar-refractivity contribution >= 4 is 12.1 Å². The molecule has 1 aromatic carbocycles. The summed E-state index contributed by atoms with van der Waals surface area (Å²) in [6.07, 6.45) is 3.60. The van der Waals surface area contributed by atoms with Crippen LogP contribution in [0.1, 0.15) is 51.9 Å². The zero-order valence-electron chi connectivity index (χ0n) is 17.5. The SMILES string of the molecule is CNC(=O)NC(CCCCNC(=O)OC(C)(C)C)c1ncc(-c2ccccc2)[nH]1. The Morgan fingerprint density at radius 1 is 1.17 bits per heavy atom. The van der Waals surface area contributed by atoms with E-state index in [9.17, 15) is 9.59 Å². The standard InChI is InChI=1S/C21H31N5O3/c1-21(2,3)29-20(28)23-13-9-8-12-16(26-19(27)22-4)18-24-14-17(25-18)15-10-6-5-7-11-15/h5-7,10-11,14,16H,8-9,12-13H2,1-4H3,(H,23,28)(H,24,25)(H2,22,26,27). The number of amides is 3. The molecular formula is C21H31N5O3. The van der Waals surface area contributed by atoms with Crippen LogP contribution < -0.4 is 16.0 Å². The molecular weight excluding hydrogens is 370 g/mol. The molecule has 0 fully saturated rings. The van der Waals surface area contributed by atoms with Crippen LogP contribution in [0.3, 0.4) is 0 Å². The van der Waals surface area contributed by atoms with Gasteiger partial charge in [-0.15, -0.1) is 0 Å². The van der Waals surface area contributed by atoms with E-state index >= 15 is 0 Å². The van der Waals surface area contributed by atoms with Crippen molar-refractivity contribution in [2.45, 2.75) is 51.7 Å². The van der Waals surface area contributed by atoms with Gasteiger partial charge in [-0.1, -0.05) is 30.3 Å². The average Bonchev–Trinajstić information content (AvgIpc) is 3.16. The van der Waals surface area contributed by atoms with Gasteiger partial charge in [0, 0.05) is 13.6 Å². The van der Waals surface area contributed by atoms with Gasteiger partial charge in [0.05, 0.1) is 17.9 Å². The molecule has 1 atom stereocenters. The van der Waals surface area contributed by atoms with Gasteiger partial charge in [0.15, 0.2) is 0 Å². The maximum atomic E-state index is 11.8. The largest absolute Gasteiger partial charge is 0.444 e. The van der Waals surface area contributed by atoms with Crippen molar-refractivity contribution < 1.29 is 14.3 Å². The number of ether oxygens (including phenoxy) is 1. The van der Waals surface area contributed by atoms with Crippen LogP contribution in [-0.4, -0.2) is 41.3 Å². The highest BCUT2D eigenvalue weighted by Crippen LogP contribution is 2.22. The molecule has 0 aliphatic rings. The van der Waals surface area contributed by atoms with Crippen molar-refractivity contribution in [3.8, 4) is 11.3 Å². The maximum Gasteiger partial charge on any atom is 0.407 e. The number of nitrogens with one attached hydrogen (secondary N) is 4. The first-order valence-electron chi connectivity index (χ1n) is 9.84. The zero-order valence-corrected chi connectivity index (χ0v) is 17.5. The minimum absolute atomic E-state index is 0.256. The number of aromatic amines is 1. The highest BCUT2D eigenvalue weighted by atomic mass is 16.6. The van der Waals surface area contributed by atoms with Gasteiger partial charge in [0.2, 0.25) is 0 Å². The third-order valence-electron chi connectivity index (χ3n) is 4.13. The summed E-state index contributed by atoms with van der Waals surface area (Å²) in [5.41, 5.74) is 1.42. The molecule has 0 aliphatic heterocycles. The molecule has 0 spiro atoms. The molecule has 0 radical (unpaired) electrons. The summed E-state index contributed by atoms with van der Waals surface area (Å²) in [7, 11) is 1.58. The molecule has 158 valence electrons. The molecule has 0 aliphatic carbocycles. The molecule has 8 nitrogen and oxygen atoms in total. The summed E-state index contributed by atoms with van der Waals surface area (Å²) in [5, 5.41) is 8.25. The lowest BCUT2D eigenvalue weighted by molar-refractivity contribution is 0.0527. The molecule has 1 unspecified atom stereocenters. The van der Waals surface area contributed by atoms with Crippen LogP contribution in [0.4, 0.5) is 9.59 Å². The number of urea groups is 1. The molecule has 8 heteroatoms. The quantitative estimate of drug-likeness (QED) is 0.505. The lowest BCUT2D eigenvalue weighted by atomic mass is 10.1. The maximum absolute atomic E-state index is 11.8. The molecule has 2 rings (SSSR count). The van der Waals surface area contributed by atoms with Gasteiger partial charge >= 0.3 is 12.1 Å². The van der Waals surface area contributed by atoms with E-state index in [1.807, 2.05) is 51.1 Å². The van der Waals surface area contributed by atoms with Gasteiger partial charge in [0.1, 0.15) is 11.4 Å². The number of benzene rings is 1. The third kappa shape index (κ3) is 7.85. The van der Waals surface area contributed by atoms with E-state index in [4.69, 9.17) is 4.74 Å². The first kappa shape index (κ1) is 22.3. The van der Waals surface area contributed by atoms with Crippen molar-refractivity contribution in [2.24, 2.45) is 0 Å². The number of rotatable bonds is 8. The predicted molar refractivity (Wildman–Crippen MR) is 112 cm³/mol. The van der Waals surface area contributed by atoms with Gasteiger partial charge in [-0.2, -0.15) is 0 Å². The molecule has 29 heavy (non-hydrogen) atoms. The third-order valence-corrected chi connectivity index (χ3v) is 4.13. The second-order valence-electron chi connectivity index (χ2n) is 7.75. The second kappa shape index (κ2) is 10.5. The molecule has 2 aromatic rings. The molecule has 0 saturated carbocycles. The van der Waals surface area contributed by atoms with Gasteiger partial charge in [-0.25, -0.2) is 14.6 Å². The number of carbonyl (C=O) groups is 2. The van der Waals surface area contributed by atoms with E-state index in [0.29, 0.717) is 18.8 Å². The number of alkyl carbamates (subject to hydrolysis) is 1. The first-order chi connectivity index (χ1) is 13.8. The highest BCUT2D eigenvalue weighted by Gasteiger charge is 2.18. The van der Waals surface area contributed by atoms with E-state index in [1.54, 1.807) is 13.2 Å². The Bertz CT molecular complexity index is 783. The van der Waals surface area contributed by atoms with Crippen LogP contribution in [-0.2, 0) is 4.74 Å². The van der Waals surface area contributed by atoms with Gasteiger partial charge < -0.3 is 25.7 Å². The fourth-order valence-corrected chi connectivity index (χ4v) is 2.76. The smallest absolute Gasteiger partial charge is 0.407 e. The lowest BCUT2D eigenvalue weighted by Crippen LogP contribution is -2.36. The second-order valence-corrected chi connectivity index (χ2v) is 7.75.